The number of allylic oxidation sites excluding steroid dienone is 2. The zero-order valence-corrected chi connectivity index (χ0v) is 12.5. The van der Waals surface area contributed by atoms with Crippen LogP contribution in [-0.4, -0.2) is 18.2 Å². The van der Waals surface area contributed by atoms with Crippen molar-refractivity contribution in [2.24, 2.45) is 17.3 Å². The third-order valence-corrected chi connectivity index (χ3v) is 3.53. The molecule has 2 nitrogen and oxygen atoms in total. The predicted octanol–water partition coefficient (Wildman–Crippen LogP) is 4.39. The van der Waals surface area contributed by atoms with Crippen molar-refractivity contribution in [3.63, 3.8) is 0 Å². The van der Waals surface area contributed by atoms with E-state index in [1.807, 2.05) is 5.92 Å². The van der Waals surface area contributed by atoms with Gasteiger partial charge in [-0.05, 0) is 18.4 Å². The van der Waals surface area contributed by atoms with Crippen molar-refractivity contribution < 1.29 is 35.9 Å². The highest BCUT2D eigenvalue weighted by Gasteiger charge is 2.62. The number of rotatable bonds is 4. The quantitative estimate of drug-likeness (QED) is 0.431. The van der Waals surface area contributed by atoms with Gasteiger partial charge < -0.3 is 4.74 Å². The van der Waals surface area contributed by atoms with Crippen molar-refractivity contribution in [1.29, 1.82) is 0 Å². The summed E-state index contributed by atoms with van der Waals surface area (Å²) in [5.41, 5.74) is -0.852. The van der Waals surface area contributed by atoms with Gasteiger partial charge in [-0.1, -0.05) is 19.8 Å². The summed E-state index contributed by atoms with van der Waals surface area (Å²) in [6.07, 6.45) is -9.02. The van der Waals surface area contributed by atoms with E-state index in [1.165, 1.54) is 20.8 Å². The molecule has 0 radical (unpaired) electrons. The Kier molecular flexibility index (Phi) is 5.56. The van der Waals surface area contributed by atoms with Crippen molar-refractivity contribution in [1.82, 2.24) is 0 Å². The normalized spacial score (nSPS) is 24.1. The molecule has 0 saturated heterocycles. The summed E-state index contributed by atoms with van der Waals surface area (Å²) in [4.78, 5) is 11.9. The molecule has 0 amide bonds. The maximum atomic E-state index is 13.5. The molecule has 1 fully saturated rings. The Hall–Kier alpha value is -1.91. The minimum atomic E-state index is -4.94. The van der Waals surface area contributed by atoms with Crippen molar-refractivity contribution in [3.8, 4) is 11.8 Å². The van der Waals surface area contributed by atoms with Crippen LogP contribution >= 0.6 is 0 Å². The highest BCUT2D eigenvalue weighted by atomic mass is 19.4. The van der Waals surface area contributed by atoms with E-state index in [0.717, 1.165) is 0 Å². The van der Waals surface area contributed by atoms with Crippen LogP contribution in [0.2, 0.25) is 0 Å². The van der Waals surface area contributed by atoms with E-state index < -0.39 is 53.5 Å². The van der Waals surface area contributed by atoms with Crippen molar-refractivity contribution in [3.05, 3.63) is 24.1 Å². The Morgan fingerprint density at radius 3 is 2.26 bits per heavy atom. The second kappa shape index (κ2) is 6.69. The first-order valence-electron chi connectivity index (χ1n) is 6.50. The monoisotopic (exact) mass is 340 g/mol. The lowest BCUT2D eigenvalue weighted by Crippen LogP contribution is -2.21. The zero-order valence-electron chi connectivity index (χ0n) is 12.5. The molecule has 0 aromatic rings. The molecule has 8 heteroatoms. The standard InChI is InChI=1S/C15H14F6O2/c1-4-5-10(9(16)7-15(19,20)21)23-13(22)12-8(6-11(17)18)14(12,2)3/h6-8,10,12H,1-3H3/b9-7-. The van der Waals surface area contributed by atoms with E-state index >= 15 is 0 Å². The molecule has 1 aliphatic carbocycles. The van der Waals surface area contributed by atoms with Gasteiger partial charge in [0.05, 0.1) is 12.0 Å². The second-order valence-electron chi connectivity index (χ2n) is 5.56. The summed E-state index contributed by atoms with van der Waals surface area (Å²) in [5, 5.41) is 0. The van der Waals surface area contributed by atoms with Crippen LogP contribution in [0.5, 0.6) is 0 Å². The van der Waals surface area contributed by atoms with Crippen LogP contribution in [0.4, 0.5) is 26.3 Å². The number of alkyl halides is 3. The van der Waals surface area contributed by atoms with Gasteiger partial charge in [0, 0.05) is 5.92 Å². The van der Waals surface area contributed by atoms with Gasteiger partial charge in [0.2, 0.25) is 6.10 Å². The third-order valence-electron chi connectivity index (χ3n) is 3.53. The van der Waals surface area contributed by atoms with E-state index in [2.05, 4.69) is 10.7 Å². The van der Waals surface area contributed by atoms with Gasteiger partial charge in [0.15, 0.2) is 5.83 Å². The maximum Gasteiger partial charge on any atom is 0.412 e. The summed E-state index contributed by atoms with van der Waals surface area (Å²) in [5.74, 6) is -0.516. The average molecular weight is 340 g/mol. The van der Waals surface area contributed by atoms with Gasteiger partial charge in [0.25, 0.3) is 6.08 Å². The van der Waals surface area contributed by atoms with Crippen LogP contribution in [0, 0.1) is 29.1 Å². The van der Waals surface area contributed by atoms with E-state index in [1.54, 1.807) is 0 Å². The third kappa shape index (κ3) is 5.05. The highest BCUT2D eigenvalue weighted by molar-refractivity contribution is 5.79. The first kappa shape index (κ1) is 19.1. The fraction of sp³-hybridized carbons (Fsp3) is 0.533. The molecule has 23 heavy (non-hydrogen) atoms. The Bertz CT molecular complexity index is 587. The van der Waals surface area contributed by atoms with Gasteiger partial charge in [-0.2, -0.15) is 22.0 Å². The molecule has 1 aliphatic rings. The molecule has 3 atom stereocenters. The fourth-order valence-corrected chi connectivity index (χ4v) is 2.28. The first-order valence-corrected chi connectivity index (χ1v) is 6.50. The average Bonchev–Trinajstić information content (AvgIpc) is 2.87. The smallest absolute Gasteiger partial charge is 0.412 e. The second-order valence-corrected chi connectivity index (χ2v) is 5.56. The van der Waals surface area contributed by atoms with E-state index in [0.29, 0.717) is 6.08 Å². The Morgan fingerprint density at radius 1 is 1.26 bits per heavy atom. The zero-order chi connectivity index (χ0) is 18.0. The van der Waals surface area contributed by atoms with Crippen LogP contribution in [0.25, 0.3) is 0 Å². The molecule has 0 aliphatic heterocycles. The summed E-state index contributed by atoms with van der Waals surface area (Å²) in [6, 6.07) is 0. The highest BCUT2D eigenvalue weighted by Crippen LogP contribution is 2.60. The largest absolute Gasteiger partial charge is 0.441 e. The maximum absolute atomic E-state index is 13.5. The Labute approximate surface area is 129 Å². The van der Waals surface area contributed by atoms with Gasteiger partial charge in [-0.3, -0.25) is 4.79 Å². The predicted molar refractivity (Wildman–Crippen MR) is 69.6 cm³/mol. The van der Waals surface area contributed by atoms with E-state index in [9.17, 15) is 31.1 Å². The lowest BCUT2D eigenvalue weighted by molar-refractivity contribution is -0.148. The topological polar surface area (TPSA) is 26.3 Å². The van der Waals surface area contributed by atoms with Gasteiger partial charge >= 0.3 is 12.1 Å². The molecule has 0 aromatic heterocycles. The Morgan fingerprint density at radius 2 is 1.83 bits per heavy atom. The lowest BCUT2D eigenvalue weighted by Gasteiger charge is -2.12. The van der Waals surface area contributed by atoms with Crippen molar-refractivity contribution in [2.45, 2.75) is 33.1 Å². The van der Waals surface area contributed by atoms with Crippen molar-refractivity contribution >= 4 is 5.97 Å². The molecule has 0 bridgehead atoms. The lowest BCUT2D eigenvalue weighted by atomic mass is 10.1. The van der Waals surface area contributed by atoms with Gasteiger partial charge in [-0.25, -0.2) is 4.39 Å². The number of carbonyl (C=O) groups excluding carboxylic acids is 1. The molecular formula is C15H14F6O2. The Balaban J connectivity index is 2.90. The molecule has 1 rings (SSSR count). The number of hydrogen-bond acceptors (Lipinski definition) is 2. The number of esters is 1. The summed E-state index contributed by atoms with van der Waals surface area (Å²) in [7, 11) is 0. The fourth-order valence-electron chi connectivity index (χ4n) is 2.28. The number of ether oxygens (including phenoxy) is 1. The number of carbonyl (C=O) groups is 1. The molecule has 128 valence electrons. The molecule has 1 saturated carbocycles. The van der Waals surface area contributed by atoms with Crippen molar-refractivity contribution in [2.75, 3.05) is 0 Å². The number of hydrogen-bond donors (Lipinski definition) is 0. The molecule has 0 spiro atoms. The van der Waals surface area contributed by atoms with Crippen LogP contribution in [0.15, 0.2) is 24.1 Å². The molecule has 0 aromatic carbocycles. The SMILES string of the molecule is CC#CC(OC(=O)C1C(C=C(F)F)C1(C)C)/C(F)=C/C(F)(F)F. The molecule has 3 unspecified atom stereocenters. The number of halogens is 6. The molecular weight excluding hydrogens is 326 g/mol. The molecule has 0 N–H and O–H groups in total. The first-order chi connectivity index (χ1) is 10.4. The summed E-state index contributed by atoms with van der Waals surface area (Å²) < 4.78 is 79.2. The van der Waals surface area contributed by atoms with Crippen LogP contribution in [0.1, 0.15) is 20.8 Å². The van der Waals surface area contributed by atoms with Crippen LogP contribution in [-0.2, 0) is 9.53 Å². The minimum absolute atomic E-state index is 0.578. The van der Waals surface area contributed by atoms with Gasteiger partial charge in [-0.15, -0.1) is 5.92 Å². The minimum Gasteiger partial charge on any atom is -0.441 e. The van der Waals surface area contributed by atoms with Crippen LogP contribution < -0.4 is 0 Å². The van der Waals surface area contributed by atoms with Gasteiger partial charge in [0.1, 0.15) is 0 Å². The molecule has 0 heterocycles. The van der Waals surface area contributed by atoms with E-state index in [-0.39, 0.29) is 0 Å². The van der Waals surface area contributed by atoms with Crippen LogP contribution in [0.3, 0.4) is 0 Å². The summed E-state index contributed by atoms with van der Waals surface area (Å²) >= 11 is 0. The summed E-state index contributed by atoms with van der Waals surface area (Å²) in [6.45, 7) is 4.27. The van der Waals surface area contributed by atoms with E-state index in [4.69, 9.17) is 0 Å².